The fourth-order valence-electron chi connectivity index (χ4n) is 3.38. The topological polar surface area (TPSA) is 32.3 Å². The number of hydrogen-bond donors (Lipinski definition) is 1. The lowest BCUT2D eigenvalue weighted by Crippen LogP contribution is -2.42. The molecule has 0 bridgehead atoms. The molecule has 0 radical (unpaired) electrons. The Morgan fingerprint density at radius 2 is 1.76 bits per heavy atom. The molecule has 0 aliphatic carbocycles. The van der Waals surface area contributed by atoms with Gasteiger partial charge in [0.15, 0.2) is 0 Å². The molecular formula is C18H28N2O. The zero-order chi connectivity index (χ0) is 15.6. The number of hydrogen-bond acceptors (Lipinski definition) is 2. The van der Waals surface area contributed by atoms with Gasteiger partial charge in [0.25, 0.3) is 0 Å². The number of nitrogens with one attached hydrogen (secondary N) is 1. The molecule has 3 unspecified atom stereocenters. The summed E-state index contributed by atoms with van der Waals surface area (Å²) in [4.78, 5) is 14.7. The maximum Gasteiger partial charge on any atom is 0.241 e. The van der Waals surface area contributed by atoms with Gasteiger partial charge in [-0.3, -0.25) is 10.1 Å². The Labute approximate surface area is 128 Å². The number of carbonyl (C=O) groups is 1. The quantitative estimate of drug-likeness (QED) is 0.897. The van der Waals surface area contributed by atoms with Gasteiger partial charge in [-0.1, -0.05) is 56.5 Å². The van der Waals surface area contributed by atoms with Crippen molar-refractivity contribution in [3.05, 3.63) is 35.4 Å². The van der Waals surface area contributed by atoms with Gasteiger partial charge < -0.3 is 4.90 Å². The minimum absolute atomic E-state index is 0.00343. The molecule has 1 aliphatic heterocycles. The molecule has 0 saturated carbocycles. The lowest BCUT2D eigenvalue weighted by molar-refractivity contribution is -0.133. The van der Waals surface area contributed by atoms with Crippen LogP contribution in [0.4, 0.5) is 0 Å². The van der Waals surface area contributed by atoms with Crippen molar-refractivity contribution in [3.8, 4) is 0 Å². The number of rotatable bonds is 5. The van der Waals surface area contributed by atoms with Crippen molar-refractivity contribution >= 4 is 5.91 Å². The smallest absolute Gasteiger partial charge is 0.241 e. The summed E-state index contributed by atoms with van der Waals surface area (Å²) in [5.74, 6) is 0.772. The second-order valence-corrected chi connectivity index (χ2v) is 6.26. The summed E-state index contributed by atoms with van der Waals surface area (Å²) in [5, 5.41) is 3.45. The molecule has 116 valence electrons. The van der Waals surface area contributed by atoms with Crippen LogP contribution in [0.15, 0.2) is 24.3 Å². The van der Waals surface area contributed by atoms with Crippen LogP contribution in [-0.4, -0.2) is 22.9 Å². The van der Waals surface area contributed by atoms with Crippen LogP contribution >= 0.6 is 0 Å². The summed E-state index contributed by atoms with van der Waals surface area (Å²) in [5.41, 5.74) is 2.42. The zero-order valence-corrected chi connectivity index (χ0v) is 13.9. The minimum Gasteiger partial charge on any atom is -0.319 e. The van der Waals surface area contributed by atoms with E-state index in [0.717, 1.165) is 12.8 Å². The molecule has 0 spiro atoms. The SMILES string of the molecule is CCC(CC)C(C)N1C(=O)C(C)NC1c1ccc(C)cc1. The maximum absolute atomic E-state index is 12.6. The average Bonchev–Trinajstić information content (AvgIpc) is 2.77. The molecule has 3 nitrogen and oxygen atoms in total. The van der Waals surface area contributed by atoms with E-state index in [2.05, 4.69) is 62.2 Å². The van der Waals surface area contributed by atoms with Crippen LogP contribution in [0.2, 0.25) is 0 Å². The normalized spacial score (nSPS) is 23.9. The summed E-state index contributed by atoms with van der Waals surface area (Å²) in [6.07, 6.45) is 2.22. The van der Waals surface area contributed by atoms with Crippen LogP contribution < -0.4 is 5.32 Å². The van der Waals surface area contributed by atoms with Crippen LogP contribution in [0.5, 0.6) is 0 Å². The van der Waals surface area contributed by atoms with E-state index in [1.54, 1.807) is 0 Å². The van der Waals surface area contributed by atoms with E-state index in [4.69, 9.17) is 0 Å². The van der Waals surface area contributed by atoms with Gasteiger partial charge >= 0.3 is 0 Å². The van der Waals surface area contributed by atoms with Crippen LogP contribution in [0.1, 0.15) is 57.8 Å². The summed E-state index contributed by atoms with van der Waals surface area (Å²) >= 11 is 0. The maximum atomic E-state index is 12.6. The highest BCUT2D eigenvalue weighted by Crippen LogP contribution is 2.31. The largest absolute Gasteiger partial charge is 0.319 e. The van der Waals surface area contributed by atoms with E-state index in [1.807, 2.05) is 6.92 Å². The van der Waals surface area contributed by atoms with E-state index < -0.39 is 0 Å². The second kappa shape index (κ2) is 6.61. The van der Waals surface area contributed by atoms with E-state index in [-0.39, 0.29) is 24.2 Å². The molecule has 1 aromatic rings. The number of nitrogens with zero attached hydrogens (tertiary/aromatic N) is 1. The number of aryl methyl sites for hydroxylation is 1. The Hall–Kier alpha value is -1.35. The van der Waals surface area contributed by atoms with Gasteiger partial charge in [0, 0.05) is 6.04 Å². The predicted molar refractivity (Wildman–Crippen MR) is 86.9 cm³/mol. The molecule has 21 heavy (non-hydrogen) atoms. The van der Waals surface area contributed by atoms with Gasteiger partial charge in [-0.2, -0.15) is 0 Å². The van der Waals surface area contributed by atoms with Gasteiger partial charge in [-0.15, -0.1) is 0 Å². The molecule has 2 rings (SSSR count). The highest BCUT2D eigenvalue weighted by molar-refractivity contribution is 5.84. The molecule has 0 aromatic heterocycles. The Morgan fingerprint density at radius 1 is 1.19 bits per heavy atom. The second-order valence-electron chi connectivity index (χ2n) is 6.26. The zero-order valence-electron chi connectivity index (χ0n) is 13.9. The molecule has 1 saturated heterocycles. The first-order chi connectivity index (χ1) is 9.99. The van der Waals surface area contributed by atoms with Crippen molar-refractivity contribution in [2.24, 2.45) is 5.92 Å². The van der Waals surface area contributed by atoms with Gasteiger partial charge in [-0.05, 0) is 32.3 Å². The highest BCUT2D eigenvalue weighted by atomic mass is 16.2. The van der Waals surface area contributed by atoms with Crippen LogP contribution in [0, 0.1) is 12.8 Å². The van der Waals surface area contributed by atoms with E-state index in [9.17, 15) is 4.79 Å². The number of amides is 1. The van der Waals surface area contributed by atoms with E-state index in [0.29, 0.717) is 5.92 Å². The lowest BCUT2D eigenvalue weighted by atomic mass is 9.93. The first-order valence-corrected chi connectivity index (χ1v) is 8.14. The number of benzene rings is 1. The summed E-state index contributed by atoms with van der Waals surface area (Å²) < 4.78 is 0. The standard InChI is InChI=1S/C18H28N2O/c1-6-15(7-2)14(5)20-17(19-13(4)18(20)21)16-10-8-12(3)9-11-16/h8-11,13-15,17,19H,6-7H2,1-5H3. The van der Waals surface area contributed by atoms with Crippen molar-refractivity contribution in [1.82, 2.24) is 10.2 Å². The monoisotopic (exact) mass is 288 g/mol. The molecule has 1 amide bonds. The van der Waals surface area contributed by atoms with Crippen LogP contribution in [0.25, 0.3) is 0 Å². The van der Waals surface area contributed by atoms with Gasteiger partial charge in [0.1, 0.15) is 6.17 Å². The van der Waals surface area contributed by atoms with Crippen LogP contribution in [-0.2, 0) is 4.79 Å². The Morgan fingerprint density at radius 3 is 2.29 bits per heavy atom. The molecule has 3 heteroatoms. The highest BCUT2D eigenvalue weighted by Gasteiger charge is 2.41. The molecule has 3 atom stereocenters. The van der Waals surface area contributed by atoms with E-state index in [1.165, 1.54) is 11.1 Å². The van der Waals surface area contributed by atoms with Gasteiger partial charge in [0.05, 0.1) is 6.04 Å². The van der Waals surface area contributed by atoms with Gasteiger partial charge in [-0.25, -0.2) is 0 Å². The van der Waals surface area contributed by atoms with Crippen molar-refractivity contribution in [3.63, 3.8) is 0 Å². The predicted octanol–water partition coefficient (Wildman–Crippen LogP) is 3.64. The summed E-state index contributed by atoms with van der Waals surface area (Å²) in [6, 6.07) is 8.65. The third kappa shape index (κ3) is 3.13. The lowest BCUT2D eigenvalue weighted by Gasteiger charge is -2.35. The fourth-order valence-corrected chi connectivity index (χ4v) is 3.38. The third-order valence-corrected chi connectivity index (χ3v) is 4.87. The Balaban J connectivity index is 2.30. The Bertz CT molecular complexity index is 478. The first-order valence-electron chi connectivity index (χ1n) is 8.14. The molecule has 1 heterocycles. The average molecular weight is 288 g/mol. The number of carbonyl (C=O) groups excluding carboxylic acids is 1. The minimum atomic E-state index is -0.104. The summed E-state index contributed by atoms with van der Waals surface area (Å²) in [7, 11) is 0. The first kappa shape index (κ1) is 16.0. The molecular weight excluding hydrogens is 260 g/mol. The molecule has 1 aliphatic rings. The van der Waals surface area contributed by atoms with Crippen molar-refractivity contribution in [2.75, 3.05) is 0 Å². The van der Waals surface area contributed by atoms with E-state index >= 15 is 0 Å². The van der Waals surface area contributed by atoms with Crippen molar-refractivity contribution in [2.45, 2.75) is 65.7 Å². The third-order valence-electron chi connectivity index (χ3n) is 4.87. The van der Waals surface area contributed by atoms with Crippen LogP contribution in [0.3, 0.4) is 0 Å². The Kier molecular flexibility index (Phi) is 5.04. The van der Waals surface area contributed by atoms with Gasteiger partial charge in [0.2, 0.25) is 5.91 Å². The summed E-state index contributed by atoms with van der Waals surface area (Å²) in [6.45, 7) is 10.7. The molecule has 1 N–H and O–H groups in total. The van der Waals surface area contributed by atoms with Crippen molar-refractivity contribution < 1.29 is 4.79 Å². The van der Waals surface area contributed by atoms with Crippen molar-refractivity contribution in [1.29, 1.82) is 0 Å². The molecule has 1 aromatic carbocycles. The molecule has 1 fully saturated rings. The fraction of sp³-hybridized carbons (Fsp3) is 0.611.